The molecule has 1 saturated heterocycles. The fourth-order valence-corrected chi connectivity index (χ4v) is 4.35. The summed E-state index contributed by atoms with van der Waals surface area (Å²) in [5, 5.41) is 6.85. The predicted octanol–water partition coefficient (Wildman–Crippen LogP) is 3.53. The first-order valence-corrected chi connectivity index (χ1v) is 10.5. The van der Waals surface area contributed by atoms with E-state index < -0.39 is 0 Å². The molecule has 2 aliphatic carbocycles. The number of likely N-dealkylation sites (tertiary alicyclic amines) is 1. The standard InChI is InChI=1S/C20H36N4O.HI/c1-2-21-19(23-16-20(11-6-12-20)17-9-10-17)22-13-7-15-24-14-5-3-4-8-18(24)25;/h17H,2-16H2,1H3,(H2,21,22,23);1H. The van der Waals surface area contributed by atoms with Gasteiger partial charge in [0.2, 0.25) is 5.91 Å². The normalized spacial score (nSPS) is 22.9. The molecule has 2 N–H and O–H groups in total. The number of carbonyl (C=O) groups excluding carboxylic acids is 1. The molecule has 0 spiro atoms. The summed E-state index contributed by atoms with van der Waals surface area (Å²) in [6.07, 6.45) is 12.1. The molecule has 0 radical (unpaired) electrons. The number of hydrogen-bond donors (Lipinski definition) is 2. The summed E-state index contributed by atoms with van der Waals surface area (Å²) in [6.45, 7) is 6.69. The molecule has 1 aliphatic heterocycles. The topological polar surface area (TPSA) is 56.7 Å². The fraction of sp³-hybridized carbons (Fsp3) is 0.900. The fourth-order valence-electron chi connectivity index (χ4n) is 4.35. The molecular weight excluding hydrogens is 439 g/mol. The van der Waals surface area contributed by atoms with Crippen molar-refractivity contribution in [2.45, 2.75) is 71.1 Å². The van der Waals surface area contributed by atoms with E-state index in [4.69, 9.17) is 4.99 Å². The summed E-state index contributed by atoms with van der Waals surface area (Å²) >= 11 is 0. The highest BCUT2D eigenvalue weighted by molar-refractivity contribution is 14.0. The van der Waals surface area contributed by atoms with Gasteiger partial charge in [0.05, 0.1) is 0 Å². The third kappa shape index (κ3) is 5.99. The van der Waals surface area contributed by atoms with Crippen LogP contribution in [-0.4, -0.2) is 49.5 Å². The van der Waals surface area contributed by atoms with Gasteiger partial charge in [-0.15, -0.1) is 24.0 Å². The Morgan fingerprint density at radius 3 is 2.65 bits per heavy atom. The lowest BCUT2D eigenvalue weighted by molar-refractivity contribution is -0.130. The monoisotopic (exact) mass is 476 g/mol. The summed E-state index contributed by atoms with van der Waals surface area (Å²) in [6, 6.07) is 0. The van der Waals surface area contributed by atoms with Crippen molar-refractivity contribution >= 4 is 35.8 Å². The molecule has 3 fully saturated rings. The summed E-state index contributed by atoms with van der Waals surface area (Å²) in [7, 11) is 0. The van der Waals surface area contributed by atoms with Crippen molar-refractivity contribution in [3.05, 3.63) is 0 Å². The lowest BCUT2D eigenvalue weighted by atomic mass is 9.65. The van der Waals surface area contributed by atoms with Crippen molar-refractivity contribution in [2.24, 2.45) is 16.3 Å². The third-order valence-electron chi connectivity index (χ3n) is 6.26. The Hall–Kier alpha value is -0.530. The highest BCUT2D eigenvalue weighted by Gasteiger charge is 2.48. The Kier molecular flexibility index (Phi) is 8.97. The zero-order valence-corrected chi connectivity index (χ0v) is 18.7. The molecule has 3 aliphatic rings. The van der Waals surface area contributed by atoms with Crippen LogP contribution < -0.4 is 10.6 Å². The Balaban J connectivity index is 0.00000243. The van der Waals surface area contributed by atoms with Gasteiger partial charge in [0.25, 0.3) is 0 Å². The van der Waals surface area contributed by atoms with Gasteiger partial charge in [0, 0.05) is 39.1 Å². The van der Waals surface area contributed by atoms with Crippen LogP contribution in [-0.2, 0) is 4.79 Å². The van der Waals surface area contributed by atoms with E-state index in [0.717, 1.165) is 70.3 Å². The van der Waals surface area contributed by atoms with Crippen molar-refractivity contribution in [3.63, 3.8) is 0 Å². The molecule has 1 heterocycles. The molecule has 2 saturated carbocycles. The van der Waals surface area contributed by atoms with Crippen LogP contribution in [0.25, 0.3) is 0 Å². The van der Waals surface area contributed by atoms with Gasteiger partial charge in [-0.2, -0.15) is 0 Å². The molecule has 1 amide bonds. The summed E-state index contributed by atoms with van der Waals surface area (Å²) in [5.41, 5.74) is 0.529. The molecule has 26 heavy (non-hydrogen) atoms. The minimum Gasteiger partial charge on any atom is -0.357 e. The quantitative estimate of drug-likeness (QED) is 0.244. The van der Waals surface area contributed by atoms with Crippen LogP contribution >= 0.6 is 24.0 Å². The smallest absolute Gasteiger partial charge is 0.222 e. The maximum atomic E-state index is 12.0. The number of rotatable bonds is 8. The van der Waals surface area contributed by atoms with Crippen molar-refractivity contribution in [2.75, 3.05) is 32.7 Å². The second kappa shape index (κ2) is 10.7. The van der Waals surface area contributed by atoms with Gasteiger partial charge in [-0.3, -0.25) is 9.79 Å². The molecule has 0 bridgehead atoms. The molecule has 3 rings (SSSR count). The number of amides is 1. The molecular formula is C20H37IN4O. The number of nitrogens with one attached hydrogen (secondary N) is 2. The lowest BCUT2D eigenvalue weighted by Gasteiger charge is -2.41. The van der Waals surface area contributed by atoms with Crippen LogP contribution in [0.5, 0.6) is 0 Å². The van der Waals surface area contributed by atoms with Crippen LogP contribution in [0.4, 0.5) is 0 Å². The van der Waals surface area contributed by atoms with Crippen molar-refractivity contribution < 1.29 is 4.79 Å². The van der Waals surface area contributed by atoms with Gasteiger partial charge >= 0.3 is 0 Å². The van der Waals surface area contributed by atoms with E-state index in [9.17, 15) is 4.79 Å². The lowest BCUT2D eigenvalue weighted by Crippen LogP contribution is -2.41. The van der Waals surface area contributed by atoms with Crippen LogP contribution in [0.2, 0.25) is 0 Å². The molecule has 5 nitrogen and oxygen atoms in total. The van der Waals surface area contributed by atoms with Gasteiger partial charge in [0.15, 0.2) is 5.96 Å². The number of hydrogen-bond acceptors (Lipinski definition) is 2. The van der Waals surface area contributed by atoms with E-state index >= 15 is 0 Å². The van der Waals surface area contributed by atoms with E-state index in [-0.39, 0.29) is 24.0 Å². The SMILES string of the molecule is CCNC(=NCC1(C2CC2)CCC1)NCCCN1CCCCCC1=O.I. The molecule has 150 valence electrons. The molecule has 0 aromatic rings. The summed E-state index contributed by atoms with van der Waals surface area (Å²) in [4.78, 5) is 19.0. The highest BCUT2D eigenvalue weighted by atomic mass is 127. The minimum absolute atomic E-state index is 0. The zero-order valence-electron chi connectivity index (χ0n) is 16.4. The van der Waals surface area contributed by atoms with Gasteiger partial charge in [0.1, 0.15) is 0 Å². The zero-order chi connectivity index (χ0) is 17.5. The van der Waals surface area contributed by atoms with E-state index in [1.807, 2.05) is 0 Å². The summed E-state index contributed by atoms with van der Waals surface area (Å²) in [5.74, 6) is 2.24. The number of nitrogens with zero attached hydrogens (tertiary/aromatic N) is 2. The van der Waals surface area contributed by atoms with E-state index in [2.05, 4.69) is 22.5 Å². The van der Waals surface area contributed by atoms with Gasteiger partial charge in [-0.1, -0.05) is 12.8 Å². The molecule has 0 atom stereocenters. The van der Waals surface area contributed by atoms with Crippen molar-refractivity contribution in [1.82, 2.24) is 15.5 Å². The number of halogens is 1. The van der Waals surface area contributed by atoms with Gasteiger partial charge < -0.3 is 15.5 Å². The Labute approximate surface area is 176 Å². The molecule has 0 aromatic carbocycles. The summed E-state index contributed by atoms with van der Waals surface area (Å²) < 4.78 is 0. The van der Waals surface area contributed by atoms with Crippen LogP contribution in [0.3, 0.4) is 0 Å². The second-order valence-corrected chi connectivity index (χ2v) is 8.16. The van der Waals surface area contributed by atoms with Gasteiger partial charge in [-0.05, 0) is 63.2 Å². The first kappa shape index (κ1) is 21.8. The Morgan fingerprint density at radius 1 is 1.19 bits per heavy atom. The van der Waals surface area contributed by atoms with Crippen molar-refractivity contribution in [3.8, 4) is 0 Å². The molecule has 6 heteroatoms. The maximum Gasteiger partial charge on any atom is 0.222 e. The average Bonchev–Trinajstić information content (AvgIpc) is 3.40. The first-order valence-electron chi connectivity index (χ1n) is 10.5. The Bertz CT molecular complexity index is 474. The maximum absolute atomic E-state index is 12.0. The van der Waals surface area contributed by atoms with Crippen LogP contribution in [0, 0.1) is 11.3 Å². The highest BCUT2D eigenvalue weighted by Crippen LogP contribution is 2.57. The second-order valence-electron chi connectivity index (χ2n) is 8.16. The first-order chi connectivity index (χ1) is 12.2. The largest absolute Gasteiger partial charge is 0.357 e. The van der Waals surface area contributed by atoms with E-state index in [0.29, 0.717) is 11.3 Å². The molecule has 0 unspecified atom stereocenters. The minimum atomic E-state index is 0. The van der Waals surface area contributed by atoms with Crippen molar-refractivity contribution in [1.29, 1.82) is 0 Å². The van der Waals surface area contributed by atoms with Crippen LogP contribution in [0.15, 0.2) is 4.99 Å². The average molecular weight is 476 g/mol. The number of aliphatic imine (C=N–C) groups is 1. The number of carbonyl (C=O) groups is 1. The van der Waals surface area contributed by atoms with Gasteiger partial charge in [-0.25, -0.2) is 0 Å². The number of guanidine groups is 1. The Morgan fingerprint density at radius 2 is 2.00 bits per heavy atom. The predicted molar refractivity (Wildman–Crippen MR) is 118 cm³/mol. The van der Waals surface area contributed by atoms with E-state index in [1.165, 1.54) is 38.5 Å². The third-order valence-corrected chi connectivity index (χ3v) is 6.26. The van der Waals surface area contributed by atoms with E-state index in [1.54, 1.807) is 0 Å². The molecule has 0 aromatic heterocycles. The van der Waals surface area contributed by atoms with Crippen LogP contribution in [0.1, 0.15) is 71.1 Å².